The van der Waals surface area contributed by atoms with Crippen LogP contribution in [0.3, 0.4) is 0 Å². The number of ether oxygens (including phenoxy) is 4. The van der Waals surface area contributed by atoms with E-state index in [1.807, 2.05) is 13.8 Å². The Labute approximate surface area is 101 Å². The van der Waals surface area contributed by atoms with E-state index in [2.05, 4.69) is 6.58 Å². The largest absolute Gasteiger partial charge is 0.470 e. The van der Waals surface area contributed by atoms with Gasteiger partial charge in [-0.2, -0.15) is 0 Å². The molecule has 0 aromatic rings. The van der Waals surface area contributed by atoms with E-state index >= 15 is 0 Å². The van der Waals surface area contributed by atoms with Gasteiger partial charge in [-0.1, -0.05) is 18.7 Å². The van der Waals surface area contributed by atoms with E-state index < -0.39 is 12.1 Å². The quantitative estimate of drug-likeness (QED) is 0.587. The molecule has 0 spiro atoms. The molecular formula is C12H18O5. The molecule has 0 aliphatic carbocycles. The summed E-state index contributed by atoms with van der Waals surface area (Å²) in [6, 6.07) is 0. The van der Waals surface area contributed by atoms with Crippen molar-refractivity contribution in [1.29, 1.82) is 0 Å². The maximum atomic E-state index is 8.78. The molecule has 2 heterocycles. The van der Waals surface area contributed by atoms with Crippen LogP contribution in [-0.2, 0) is 18.9 Å². The molecule has 17 heavy (non-hydrogen) atoms. The number of fused-ring (bicyclic) bond motifs is 1. The maximum Gasteiger partial charge on any atom is 0.228 e. The van der Waals surface area contributed by atoms with Gasteiger partial charge in [0.1, 0.15) is 12.2 Å². The summed E-state index contributed by atoms with van der Waals surface area (Å²) in [6.07, 6.45) is 3.40. The molecule has 96 valence electrons. The zero-order valence-electron chi connectivity index (χ0n) is 10.0. The number of aliphatic hydroxyl groups is 1. The Balaban J connectivity index is 2.11. The lowest BCUT2D eigenvalue weighted by Crippen LogP contribution is -2.30. The highest BCUT2D eigenvalue weighted by molar-refractivity contribution is 5.04. The second-order valence-electron chi connectivity index (χ2n) is 4.45. The first-order valence-electron chi connectivity index (χ1n) is 5.62. The molecule has 0 unspecified atom stereocenters. The zero-order valence-corrected chi connectivity index (χ0v) is 10.0. The van der Waals surface area contributed by atoms with Crippen molar-refractivity contribution in [2.24, 2.45) is 0 Å². The van der Waals surface area contributed by atoms with Gasteiger partial charge in [0, 0.05) is 0 Å². The van der Waals surface area contributed by atoms with Gasteiger partial charge in [-0.3, -0.25) is 0 Å². The van der Waals surface area contributed by atoms with Crippen LogP contribution < -0.4 is 0 Å². The molecule has 0 bridgehead atoms. The molecule has 1 N–H and O–H groups in total. The predicted molar refractivity (Wildman–Crippen MR) is 60.0 cm³/mol. The molecule has 2 fully saturated rings. The van der Waals surface area contributed by atoms with Gasteiger partial charge in [-0.15, -0.1) is 0 Å². The fourth-order valence-corrected chi connectivity index (χ4v) is 2.15. The molecule has 2 aliphatic heterocycles. The van der Waals surface area contributed by atoms with Crippen LogP contribution in [0.15, 0.2) is 25.0 Å². The molecule has 2 aliphatic rings. The zero-order chi connectivity index (χ0) is 12.5. The highest BCUT2D eigenvalue weighted by Gasteiger charge is 2.55. The smallest absolute Gasteiger partial charge is 0.228 e. The Morgan fingerprint density at radius 3 is 2.71 bits per heavy atom. The Morgan fingerprint density at radius 1 is 1.35 bits per heavy atom. The summed E-state index contributed by atoms with van der Waals surface area (Å²) in [4.78, 5) is 0. The van der Waals surface area contributed by atoms with Gasteiger partial charge in [-0.05, 0) is 13.8 Å². The standard InChI is InChI=1S/C12H18O5/c1-4-14-11-10-9(16-12(2,3)17-10)8(15-11)6-5-7-13/h4-6,8-11,13H,1,7H2,2-3H3/b6-5+/t8-,9-,10-,11-/m1/s1. The van der Waals surface area contributed by atoms with Gasteiger partial charge in [0.2, 0.25) is 6.29 Å². The van der Waals surface area contributed by atoms with E-state index in [1.165, 1.54) is 6.26 Å². The van der Waals surface area contributed by atoms with Crippen LogP contribution in [0, 0.1) is 0 Å². The van der Waals surface area contributed by atoms with Gasteiger partial charge < -0.3 is 24.1 Å². The van der Waals surface area contributed by atoms with Crippen molar-refractivity contribution in [2.45, 2.75) is 44.2 Å². The van der Waals surface area contributed by atoms with E-state index in [-0.39, 0.29) is 24.9 Å². The molecule has 2 rings (SSSR count). The second kappa shape index (κ2) is 4.78. The van der Waals surface area contributed by atoms with E-state index in [1.54, 1.807) is 12.2 Å². The summed E-state index contributed by atoms with van der Waals surface area (Å²) in [5.74, 6) is -0.646. The fourth-order valence-electron chi connectivity index (χ4n) is 2.15. The first kappa shape index (κ1) is 12.6. The van der Waals surface area contributed by atoms with Crippen molar-refractivity contribution in [3.8, 4) is 0 Å². The normalized spacial score (nSPS) is 39.5. The minimum atomic E-state index is -0.646. The van der Waals surface area contributed by atoms with Crippen molar-refractivity contribution >= 4 is 0 Å². The first-order chi connectivity index (χ1) is 8.07. The van der Waals surface area contributed by atoms with Crippen LogP contribution in [0.25, 0.3) is 0 Å². The molecule has 0 saturated carbocycles. The molecule has 0 aromatic carbocycles. The van der Waals surface area contributed by atoms with Gasteiger partial charge in [0.25, 0.3) is 0 Å². The number of aliphatic hydroxyl groups excluding tert-OH is 1. The summed E-state index contributed by atoms with van der Waals surface area (Å²) in [6.45, 7) is 7.17. The highest BCUT2D eigenvalue weighted by Crippen LogP contribution is 2.39. The van der Waals surface area contributed by atoms with Crippen LogP contribution in [0.2, 0.25) is 0 Å². The average Bonchev–Trinajstić information content (AvgIpc) is 2.72. The van der Waals surface area contributed by atoms with E-state index in [0.717, 1.165) is 0 Å². The van der Waals surface area contributed by atoms with E-state index in [9.17, 15) is 0 Å². The maximum absolute atomic E-state index is 8.78. The van der Waals surface area contributed by atoms with Crippen molar-refractivity contribution in [3.63, 3.8) is 0 Å². The SMILES string of the molecule is C=CO[C@@H]1O[C@H](/C=C/CO)[C@H]2OC(C)(C)O[C@@H]12. The Hall–Kier alpha value is -0.880. The molecular weight excluding hydrogens is 224 g/mol. The first-order valence-corrected chi connectivity index (χ1v) is 5.62. The molecule has 0 amide bonds. The minimum absolute atomic E-state index is 0.0333. The molecule has 5 heteroatoms. The number of hydrogen-bond acceptors (Lipinski definition) is 5. The third-order valence-electron chi connectivity index (χ3n) is 2.71. The van der Waals surface area contributed by atoms with Gasteiger partial charge in [-0.25, -0.2) is 0 Å². The van der Waals surface area contributed by atoms with Crippen LogP contribution in [-0.4, -0.2) is 42.1 Å². The van der Waals surface area contributed by atoms with Gasteiger partial charge >= 0.3 is 0 Å². The van der Waals surface area contributed by atoms with Crippen LogP contribution in [0.5, 0.6) is 0 Å². The molecule has 5 nitrogen and oxygen atoms in total. The number of rotatable bonds is 4. The summed E-state index contributed by atoms with van der Waals surface area (Å²) in [5.41, 5.74) is 0. The molecule has 0 radical (unpaired) electrons. The molecule has 0 aromatic heterocycles. The topological polar surface area (TPSA) is 57.2 Å². The van der Waals surface area contributed by atoms with Crippen molar-refractivity contribution in [3.05, 3.63) is 25.0 Å². The van der Waals surface area contributed by atoms with Gasteiger partial charge in [0.05, 0.1) is 12.9 Å². The van der Waals surface area contributed by atoms with E-state index in [4.69, 9.17) is 24.1 Å². The summed E-state index contributed by atoms with van der Waals surface area (Å²) in [5, 5.41) is 8.78. The third kappa shape index (κ3) is 2.52. The molecule has 2 saturated heterocycles. The summed E-state index contributed by atoms with van der Waals surface area (Å²) in [7, 11) is 0. The average molecular weight is 242 g/mol. The Bertz CT molecular complexity index is 312. The Morgan fingerprint density at radius 2 is 2.06 bits per heavy atom. The minimum Gasteiger partial charge on any atom is -0.470 e. The monoisotopic (exact) mass is 242 g/mol. The lowest BCUT2D eigenvalue weighted by molar-refractivity contribution is -0.215. The Kier molecular flexibility index (Phi) is 3.53. The highest BCUT2D eigenvalue weighted by atomic mass is 16.8. The summed E-state index contributed by atoms with van der Waals surface area (Å²) < 4.78 is 22.4. The predicted octanol–water partition coefficient (Wildman–Crippen LogP) is 0.940. The van der Waals surface area contributed by atoms with Gasteiger partial charge in [0.15, 0.2) is 11.9 Å². The van der Waals surface area contributed by atoms with Crippen molar-refractivity contribution in [1.82, 2.24) is 0 Å². The lowest BCUT2D eigenvalue weighted by Gasteiger charge is -2.22. The number of hydrogen-bond donors (Lipinski definition) is 1. The van der Waals surface area contributed by atoms with Crippen molar-refractivity contribution < 1.29 is 24.1 Å². The lowest BCUT2D eigenvalue weighted by atomic mass is 10.1. The second-order valence-corrected chi connectivity index (χ2v) is 4.45. The molecule has 4 atom stereocenters. The fraction of sp³-hybridized carbons (Fsp3) is 0.667. The van der Waals surface area contributed by atoms with Crippen molar-refractivity contribution in [2.75, 3.05) is 6.61 Å². The van der Waals surface area contributed by atoms with Crippen LogP contribution in [0.4, 0.5) is 0 Å². The van der Waals surface area contributed by atoms with E-state index in [0.29, 0.717) is 0 Å². The van der Waals surface area contributed by atoms with Crippen LogP contribution in [0.1, 0.15) is 13.8 Å². The summed E-state index contributed by atoms with van der Waals surface area (Å²) >= 11 is 0. The third-order valence-corrected chi connectivity index (χ3v) is 2.71. The van der Waals surface area contributed by atoms with Crippen LogP contribution >= 0.6 is 0 Å².